The van der Waals surface area contributed by atoms with Gasteiger partial charge in [0.05, 0.1) is 5.69 Å². The molecule has 0 bridgehead atoms. The number of aryl methyl sites for hydroxylation is 1. The lowest BCUT2D eigenvalue weighted by molar-refractivity contribution is -0.116. The Bertz CT molecular complexity index is 1020. The summed E-state index contributed by atoms with van der Waals surface area (Å²) in [5, 5.41) is 15.1. The molecule has 2 aromatic carbocycles. The summed E-state index contributed by atoms with van der Waals surface area (Å²) in [6, 6.07) is 17.5. The number of aromatic nitrogens is 5. The number of nitrogens with zero attached hydrogens (tertiary/aromatic N) is 5. The molecule has 7 heteroatoms. The van der Waals surface area contributed by atoms with Gasteiger partial charge in [0, 0.05) is 16.9 Å². The quantitative estimate of drug-likeness (QED) is 0.623. The minimum atomic E-state index is -0.0698. The van der Waals surface area contributed by atoms with Gasteiger partial charge in [-0.25, -0.2) is 4.68 Å². The van der Waals surface area contributed by atoms with Crippen molar-refractivity contribution in [3.05, 3.63) is 66.6 Å². The number of carbonyl (C=O) groups excluding carboxylic acids is 1. The van der Waals surface area contributed by atoms with Crippen molar-refractivity contribution in [2.75, 3.05) is 5.32 Å². The number of anilines is 1. The molecule has 0 spiro atoms. The smallest absolute Gasteiger partial charge is 0.244 e. The van der Waals surface area contributed by atoms with Crippen LogP contribution in [0.3, 0.4) is 0 Å². The fourth-order valence-corrected chi connectivity index (χ4v) is 2.88. The number of tetrazole rings is 1. The summed E-state index contributed by atoms with van der Waals surface area (Å²) < 4.78 is 3.57. The molecule has 0 fully saturated rings. The molecule has 0 saturated heterocycles. The normalized spacial score (nSPS) is 10.9. The van der Waals surface area contributed by atoms with Gasteiger partial charge < -0.3 is 9.88 Å². The first-order valence-corrected chi connectivity index (χ1v) is 7.89. The molecule has 0 saturated carbocycles. The fraction of sp³-hybridized carbons (Fsp3) is 0.111. The van der Waals surface area contributed by atoms with Crippen molar-refractivity contribution in [3.8, 4) is 5.69 Å². The number of nitrogens with one attached hydrogen (secondary N) is 1. The average molecular weight is 332 g/mol. The number of hydrogen-bond acceptors (Lipinski definition) is 4. The second-order valence-corrected chi connectivity index (χ2v) is 5.78. The van der Waals surface area contributed by atoms with E-state index >= 15 is 0 Å². The monoisotopic (exact) mass is 332 g/mol. The molecule has 0 aliphatic carbocycles. The molecule has 4 rings (SSSR count). The molecular weight excluding hydrogens is 316 g/mol. The Kier molecular flexibility index (Phi) is 3.74. The predicted molar refractivity (Wildman–Crippen MR) is 94.5 cm³/mol. The summed E-state index contributed by atoms with van der Waals surface area (Å²) >= 11 is 0. The SMILES string of the molecule is Cc1cc2ccccc2n1CC(=O)Nc1ccc(-n2cnnn2)cc1. The van der Waals surface area contributed by atoms with Crippen molar-refractivity contribution in [3.63, 3.8) is 0 Å². The van der Waals surface area contributed by atoms with Crippen molar-refractivity contribution >= 4 is 22.5 Å². The van der Waals surface area contributed by atoms with Gasteiger partial charge in [0.2, 0.25) is 5.91 Å². The highest BCUT2D eigenvalue weighted by Gasteiger charge is 2.10. The number of amides is 1. The van der Waals surface area contributed by atoms with Gasteiger partial charge in [-0.05, 0) is 59.1 Å². The van der Waals surface area contributed by atoms with Gasteiger partial charge in [-0.2, -0.15) is 0 Å². The number of para-hydroxylation sites is 1. The van der Waals surface area contributed by atoms with E-state index < -0.39 is 0 Å². The molecule has 1 N–H and O–H groups in total. The van der Waals surface area contributed by atoms with Gasteiger partial charge >= 0.3 is 0 Å². The third-order valence-electron chi connectivity index (χ3n) is 4.08. The number of benzene rings is 2. The Morgan fingerprint density at radius 2 is 1.92 bits per heavy atom. The Morgan fingerprint density at radius 3 is 2.68 bits per heavy atom. The minimum absolute atomic E-state index is 0.0698. The van der Waals surface area contributed by atoms with E-state index in [-0.39, 0.29) is 12.5 Å². The molecule has 124 valence electrons. The zero-order valence-electron chi connectivity index (χ0n) is 13.6. The lowest BCUT2D eigenvalue weighted by atomic mass is 10.2. The van der Waals surface area contributed by atoms with Crippen molar-refractivity contribution in [2.24, 2.45) is 0 Å². The number of rotatable bonds is 4. The van der Waals surface area contributed by atoms with Gasteiger partial charge in [0.1, 0.15) is 12.9 Å². The summed E-state index contributed by atoms with van der Waals surface area (Å²) in [6.07, 6.45) is 1.52. The minimum Gasteiger partial charge on any atom is -0.335 e. The molecule has 0 aliphatic rings. The maximum absolute atomic E-state index is 12.4. The van der Waals surface area contributed by atoms with Crippen LogP contribution in [0.25, 0.3) is 16.6 Å². The van der Waals surface area contributed by atoms with Crippen LogP contribution in [0.2, 0.25) is 0 Å². The Balaban J connectivity index is 1.49. The van der Waals surface area contributed by atoms with Crippen molar-refractivity contribution in [1.82, 2.24) is 24.8 Å². The zero-order valence-corrected chi connectivity index (χ0v) is 13.6. The van der Waals surface area contributed by atoms with Gasteiger partial charge in [0.15, 0.2) is 0 Å². The summed E-state index contributed by atoms with van der Waals surface area (Å²) in [4.78, 5) is 12.4. The highest BCUT2D eigenvalue weighted by Crippen LogP contribution is 2.19. The molecule has 0 radical (unpaired) electrons. The van der Waals surface area contributed by atoms with Crippen LogP contribution in [-0.2, 0) is 11.3 Å². The largest absolute Gasteiger partial charge is 0.335 e. The van der Waals surface area contributed by atoms with E-state index in [4.69, 9.17) is 0 Å². The van der Waals surface area contributed by atoms with Crippen molar-refractivity contribution in [2.45, 2.75) is 13.5 Å². The first-order chi connectivity index (χ1) is 12.2. The predicted octanol–water partition coefficient (Wildman–Crippen LogP) is 2.56. The third-order valence-corrected chi connectivity index (χ3v) is 4.08. The number of carbonyl (C=O) groups is 1. The van der Waals surface area contributed by atoms with Crippen LogP contribution in [0.4, 0.5) is 5.69 Å². The summed E-state index contributed by atoms with van der Waals surface area (Å²) in [5.41, 5.74) is 3.68. The van der Waals surface area contributed by atoms with Crippen LogP contribution in [-0.4, -0.2) is 30.7 Å². The molecule has 7 nitrogen and oxygen atoms in total. The molecule has 1 amide bonds. The van der Waals surface area contributed by atoms with Gasteiger partial charge in [-0.1, -0.05) is 18.2 Å². The lowest BCUT2D eigenvalue weighted by Crippen LogP contribution is -2.19. The van der Waals surface area contributed by atoms with E-state index in [2.05, 4.69) is 33.0 Å². The summed E-state index contributed by atoms with van der Waals surface area (Å²) in [7, 11) is 0. The number of fused-ring (bicyclic) bond motifs is 1. The molecule has 4 aromatic rings. The number of hydrogen-bond donors (Lipinski definition) is 1. The second-order valence-electron chi connectivity index (χ2n) is 5.78. The lowest BCUT2D eigenvalue weighted by Gasteiger charge is -2.10. The Labute approximate surface area is 143 Å². The molecule has 2 heterocycles. The van der Waals surface area contributed by atoms with Crippen molar-refractivity contribution in [1.29, 1.82) is 0 Å². The molecule has 0 atom stereocenters. The third kappa shape index (κ3) is 2.99. The highest BCUT2D eigenvalue weighted by molar-refractivity contribution is 5.92. The van der Waals surface area contributed by atoms with Crippen molar-refractivity contribution < 1.29 is 4.79 Å². The average Bonchev–Trinajstić information content (AvgIpc) is 3.25. The topological polar surface area (TPSA) is 77.6 Å². The van der Waals surface area contributed by atoms with Crippen LogP contribution in [0, 0.1) is 6.92 Å². The van der Waals surface area contributed by atoms with E-state index in [1.807, 2.05) is 54.0 Å². The van der Waals surface area contributed by atoms with E-state index in [9.17, 15) is 4.79 Å². The van der Waals surface area contributed by atoms with Gasteiger partial charge in [-0.15, -0.1) is 5.10 Å². The van der Waals surface area contributed by atoms with E-state index in [1.165, 1.54) is 6.33 Å². The van der Waals surface area contributed by atoms with Crippen LogP contribution >= 0.6 is 0 Å². The summed E-state index contributed by atoms with van der Waals surface area (Å²) in [6.45, 7) is 2.28. The van der Waals surface area contributed by atoms with E-state index in [0.29, 0.717) is 0 Å². The molecule has 25 heavy (non-hydrogen) atoms. The van der Waals surface area contributed by atoms with E-state index in [0.717, 1.165) is 28.0 Å². The van der Waals surface area contributed by atoms with Gasteiger partial charge in [0.25, 0.3) is 0 Å². The van der Waals surface area contributed by atoms with Crippen LogP contribution in [0.5, 0.6) is 0 Å². The molecule has 0 unspecified atom stereocenters. The van der Waals surface area contributed by atoms with Crippen LogP contribution < -0.4 is 5.32 Å². The molecule has 2 aromatic heterocycles. The van der Waals surface area contributed by atoms with Crippen LogP contribution in [0.15, 0.2) is 60.9 Å². The standard InChI is InChI=1S/C18H16N6O/c1-13-10-14-4-2-3-5-17(14)23(13)11-18(25)20-15-6-8-16(9-7-15)24-12-19-21-22-24/h2-10,12H,11H2,1H3,(H,20,25). The second kappa shape index (κ2) is 6.20. The molecular formula is C18H16N6O. The first-order valence-electron chi connectivity index (χ1n) is 7.89. The zero-order chi connectivity index (χ0) is 17.2. The van der Waals surface area contributed by atoms with Gasteiger partial charge in [-0.3, -0.25) is 4.79 Å². The first kappa shape index (κ1) is 15.1. The fourth-order valence-electron chi connectivity index (χ4n) is 2.88. The Morgan fingerprint density at radius 1 is 1.12 bits per heavy atom. The molecule has 0 aliphatic heterocycles. The highest BCUT2D eigenvalue weighted by atomic mass is 16.1. The van der Waals surface area contributed by atoms with Crippen LogP contribution in [0.1, 0.15) is 5.69 Å². The Hall–Kier alpha value is -3.48. The summed E-state index contributed by atoms with van der Waals surface area (Å²) in [5.74, 6) is -0.0698. The maximum atomic E-state index is 12.4. The maximum Gasteiger partial charge on any atom is 0.244 e. The van der Waals surface area contributed by atoms with E-state index in [1.54, 1.807) is 4.68 Å².